The first-order valence-electron chi connectivity index (χ1n) is 7.97. The molecule has 134 valence electrons. The van der Waals surface area contributed by atoms with E-state index in [4.69, 9.17) is 4.74 Å². The first-order valence-corrected chi connectivity index (χ1v) is 7.97. The molecule has 2 saturated heterocycles. The standard InChI is InChI=1S/C15H15N7O4/c23-12-8-22(15(25)16-12)10-3-1-9(2-4-10)14(24)21-5-6-26-11(7-21)13-17-19-20-18-13/h1-4,11H,5-8H2,(H,16,23,25)(H,17,18,19,20). The van der Waals surface area contributed by atoms with E-state index in [1.165, 1.54) is 4.90 Å². The fraction of sp³-hybridized carbons (Fsp3) is 0.333. The van der Waals surface area contributed by atoms with E-state index in [1.807, 2.05) is 0 Å². The topological polar surface area (TPSA) is 133 Å². The van der Waals surface area contributed by atoms with Gasteiger partial charge in [0.1, 0.15) is 12.6 Å². The summed E-state index contributed by atoms with van der Waals surface area (Å²) in [6, 6.07) is 6.08. The van der Waals surface area contributed by atoms with Gasteiger partial charge in [-0.25, -0.2) is 4.79 Å². The Balaban J connectivity index is 1.46. The average molecular weight is 357 g/mol. The molecule has 2 N–H and O–H groups in total. The second kappa shape index (κ2) is 6.52. The Hall–Kier alpha value is -3.34. The van der Waals surface area contributed by atoms with Crippen LogP contribution in [0.3, 0.4) is 0 Å². The first kappa shape index (κ1) is 16.1. The van der Waals surface area contributed by atoms with Crippen LogP contribution in [0.5, 0.6) is 0 Å². The number of carbonyl (C=O) groups excluding carboxylic acids is 3. The zero-order chi connectivity index (χ0) is 18.1. The molecule has 1 atom stereocenters. The molecular formula is C15H15N7O4. The summed E-state index contributed by atoms with van der Waals surface area (Å²) in [5.41, 5.74) is 1.03. The number of benzene rings is 1. The van der Waals surface area contributed by atoms with Gasteiger partial charge >= 0.3 is 6.03 Å². The van der Waals surface area contributed by atoms with Gasteiger partial charge in [-0.3, -0.25) is 19.8 Å². The number of urea groups is 1. The maximum atomic E-state index is 12.7. The van der Waals surface area contributed by atoms with Gasteiger partial charge in [-0.05, 0) is 24.3 Å². The number of nitrogens with zero attached hydrogens (tertiary/aromatic N) is 5. The second-order valence-electron chi connectivity index (χ2n) is 5.87. The number of aromatic amines is 1. The molecule has 1 aromatic carbocycles. The molecule has 0 aliphatic carbocycles. The Morgan fingerprint density at radius 2 is 2.04 bits per heavy atom. The van der Waals surface area contributed by atoms with Crippen molar-refractivity contribution < 1.29 is 19.1 Å². The third kappa shape index (κ3) is 2.99. The third-order valence-electron chi connectivity index (χ3n) is 4.22. The number of aromatic nitrogens is 4. The van der Waals surface area contributed by atoms with Crippen molar-refractivity contribution in [3.63, 3.8) is 0 Å². The van der Waals surface area contributed by atoms with Crippen LogP contribution in [0.15, 0.2) is 24.3 Å². The number of rotatable bonds is 3. The Bertz CT molecular complexity index is 836. The van der Waals surface area contributed by atoms with Crippen molar-refractivity contribution in [2.24, 2.45) is 0 Å². The molecule has 2 aromatic rings. The van der Waals surface area contributed by atoms with Crippen LogP contribution in [-0.4, -0.2) is 69.6 Å². The van der Waals surface area contributed by atoms with Crippen LogP contribution in [-0.2, 0) is 9.53 Å². The largest absolute Gasteiger partial charge is 0.366 e. The summed E-state index contributed by atoms with van der Waals surface area (Å²) in [6.07, 6.45) is -0.426. The van der Waals surface area contributed by atoms with Crippen LogP contribution in [0.1, 0.15) is 22.3 Å². The maximum absolute atomic E-state index is 12.7. The van der Waals surface area contributed by atoms with Crippen LogP contribution >= 0.6 is 0 Å². The molecule has 3 heterocycles. The Morgan fingerprint density at radius 3 is 2.69 bits per heavy atom. The smallest absolute Gasteiger partial charge is 0.329 e. The van der Waals surface area contributed by atoms with Crippen LogP contribution < -0.4 is 10.2 Å². The second-order valence-corrected chi connectivity index (χ2v) is 5.87. The van der Waals surface area contributed by atoms with E-state index < -0.39 is 12.1 Å². The number of carbonyl (C=O) groups is 3. The summed E-state index contributed by atoms with van der Waals surface area (Å²) >= 11 is 0. The Kier molecular flexibility index (Phi) is 4.05. The normalized spacial score (nSPS) is 20.4. The van der Waals surface area contributed by atoms with Crippen LogP contribution in [0.25, 0.3) is 0 Å². The summed E-state index contributed by atoms with van der Waals surface area (Å²) in [4.78, 5) is 38.7. The molecule has 4 amide bonds. The van der Waals surface area contributed by atoms with Crippen molar-refractivity contribution in [1.29, 1.82) is 0 Å². The maximum Gasteiger partial charge on any atom is 0.329 e. The number of imide groups is 1. The molecule has 11 nitrogen and oxygen atoms in total. The zero-order valence-corrected chi connectivity index (χ0v) is 13.6. The number of morpholine rings is 1. The lowest BCUT2D eigenvalue weighted by atomic mass is 10.1. The average Bonchev–Trinajstić information content (AvgIpc) is 3.31. The molecule has 0 bridgehead atoms. The van der Waals surface area contributed by atoms with E-state index in [0.29, 0.717) is 36.8 Å². The summed E-state index contributed by atoms with van der Waals surface area (Å²) in [6.45, 7) is 1.13. The molecule has 26 heavy (non-hydrogen) atoms. The fourth-order valence-corrected chi connectivity index (χ4v) is 2.91. The Morgan fingerprint density at radius 1 is 1.23 bits per heavy atom. The molecular weight excluding hydrogens is 342 g/mol. The quantitative estimate of drug-likeness (QED) is 0.705. The minimum Gasteiger partial charge on any atom is -0.366 e. The lowest BCUT2D eigenvalue weighted by molar-refractivity contribution is -0.117. The molecule has 1 unspecified atom stereocenters. The SMILES string of the molecule is O=C1CN(c2ccc(C(=O)N3CCOC(c4nn[nH]n4)C3)cc2)C(=O)N1. The van der Waals surface area contributed by atoms with Gasteiger partial charge in [-0.2, -0.15) is 5.21 Å². The van der Waals surface area contributed by atoms with Gasteiger partial charge in [0, 0.05) is 17.8 Å². The number of tetrazole rings is 1. The minimum absolute atomic E-state index is 0.0258. The van der Waals surface area contributed by atoms with E-state index in [0.717, 1.165) is 0 Å². The minimum atomic E-state index is -0.467. The Labute approximate surface area is 147 Å². The van der Waals surface area contributed by atoms with E-state index >= 15 is 0 Å². The highest BCUT2D eigenvalue weighted by atomic mass is 16.5. The molecule has 4 rings (SSSR count). The predicted octanol–water partition coefficient (Wildman–Crippen LogP) is -0.530. The van der Waals surface area contributed by atoms with Crippen molar-refractivity contribution >= 4 is 23.5 Å². The highest BCUT2D eigenvalue weighted by Gasteiger charge is 2.30. The van der Waals surface area contributed by atoms with Gasteiger partial charge in [0.15, 0.2) is 0 Å². The number of hydrogen-bond donors (Lipinski definition) is 2. The van der Waals surface area contributed by atoms with Gasteiger partial charge in [0.2, 0.25) is 11.7 Å². The lowest BCUT2D eigenvalue weighted by Crippen LogP contribution is -2.42. The van der Waals surface area contributed by atoms with Crippen molar-refractivity contribution in [3.05, 3.63) is 35.7 Å². The van der Waals surface area contributed by atoms with Crippen molar-refractivity contribution in [2.45, 2.75) is 6.10 Å². The summed E-state index contributed by atoms with van der Waals surface area (Å²) in [5, 5.41) is 15.9. The predicted molar refractivity (Wildman–Crippen MR) is 86.1 cm³/mol. The zero-order valence-electron chi connectivity index (χ0n) is 13.6. The fourth-order valence-electron chi connectivity index (χ4n) is 2.91. The summed E-state index contributed by atoms with van der Waals surface area (Å²) < 4.78 is 5.59. The number of ether oxygens (including phenoxy) is 1. The number of anilines is 1. The summed E-state index contributed by atoms with van der Waals surface area (Å²) in [7, 11) is 0. The number of H-pyrrole nitrogens is 1. The number of nitrogens with one attached hydrogen (secondary N) is 2. The van der Waals surface area contributed by atoms with Crippen LogP contribution in [0.4, 0.5) is 10.5 Å². The van der Waals surface area contributed by atoms with Crippen molar-refractivity contribution in [2.75, 3.05) is 31.1 Å². The molecule has 0 spiro atoms. The lowest BCUT2D eigenvalue weighted by Gasteiger charge is -2.31. The monoisotopic (exact) mass is 357 g/mol. The van der Waals surface area contributed by atoms with Gasteiger partial charge in [-0.15, -0.1) is 10.2 Å². The van der Waals surface area contributed by atoms with Crippen LogP contribution in [0, 0.1) is 0 Å². The number of amides is 4. The molecule has 1 aromatic heterocycles. The molecule has 0 radical (unpaired) electrons. The molecule has 2 aliphatic heterocycles. The molecule has 11 heteroatoms. The van der Waals surface area contributed by atoms with E-state index in [1.54, 1.807) is 29.2 Å². The van der Waals surface area contributed by atoms with Gasteiger partial charge in [0.25, 0.3) is 5.91 Å². The molecule has 2 aliphatic rings. The van der Waals surface area contributed by atoms with Gasteiger partial charge in [-0.1, -0.05) is 5.21 Å². The van der Waals surface area contributed by atoms with Gasteiger partial charge in [0.05, 0.1) is 13.2 Å². The van der Waals surface area contributed by atoms with E-state index in [9.17, 15) is 14.4 Å². The van der Waals surface area contributed by atoms with Crippen LogP contribution in [0.2, 0.25) is 0 Å². The molecule has 2 fully saturated rings. The highest BCUT2D eigenvalue weighted by Crippen LogP contribution is 2.22. The summed E-state index contributed by atoms with van der Waals surface area (Å²) in [5.74, 6) is -0.103. The van der Waals surface area contributed by atoms with Crippen molar-refractivity contribution in [1.82, 2.24) is 30.8 Å². The third-order valence-corrected chi connectivity index (χ3v) is 4.22. The number of hydrogen-bond acceptors (Lipinski definition) is 7. The van der Waals surface area contributed by atoms with Crippen molar-refractivity contribution in [3.8, 4) is 0 Å². The highest BCUT2D eigenvalue weighted by molar-refractivity contribution is 6.12. The van der Waals surface area contributed by atoms with Gasteiger partial charge < -0.3 is 9.64 Å². The molecule has 0 saturated carbocycles. The first-order chi connectivity index (χ1) is 12.6. The van der Waals surface area contributed by atoms with E-state index in [2.05, 4.69) is 25.9 Å². The van der Waals surface area contributed by atoms with E-state index in [-0.39, 0.29) is 18.4 Å².